The van der Waals surface area contributed by atoms with Crippen LogP contribution in [0.4, 0.5) is 5.82 Å². The fourth-order valence-corrected chi connectivity index (χ4v) is 3.06. The highest BCUT2D eigenvalue weighted by Crippen LogP contribution is 2.13. The molecule has 2 aliphatic rings. The molecule has 1 atom stereocenters. The number of thiocarbonyl (C=S) groups is 1. The topological polar surface area (TPSA) is 40.6 Å². The van der Waals surface area contributed by atoms with Gasteiger partial charge in [0.25, 0.3) is 0 Å². The molecule has 0 radical (unpaired) electrons. The molecule has 3 heterocycles. The number of hydrogen-bond acceptors (Lipinski definition) is 4. The van der Waals surface area contributed by atoms with Crippen LogP contribution in [-0.2, 0) is 4.74 Å². The number of piperazine rings is 1. The summed E-state index contributed by atoms with van der Waals surface area (Å²) in [5, 5.41) is 4.20. The van der Waals surface area contributed by atoms with E-state index in [1.54, 1.807) is 0 Å². The van der Waals surface area contributed by atoms with E-state index in [-0.39, 0.29) is 0 Å². The molecule has 0 spiro atoms. The molecule has 0 unspecified atom stereocenters. The van der Waals surface area contributed by atoms with E-state index < -0.39 is 0 Å². The molecule has 0 aromatic carbocycles. The summed E-state index contributed by atoms with van der Waals surface area (Å²) in [6.45, 7) is 5.51. The van der Waals surface area contributed by atoms with E-state index in [1.165, 1.54) is 6.42 Å². The van der Waals surface area contributed by atoms with Crippen LogP contribution in [0.5, 0.6) is 0 Å². The quantitative estimate of drug-likeness (QED) is 0.848. The second kappa shape index (κ2) is 7.04. The van der Waals surface area contributed by atoms with Gasteiger partial charge in [-0.3, -0.25) is 0 Å². The van der Waals surface area contributed by atoms with Gasteiger partial charge in [-0.05, 0) is 37.2 Å². The normalized spacial score (nSPS) is 22.4. The van der Waals surface area contributed by atoms with Crippen molar-refractivity contribution < 1.29 is 4.74 Å². The number of nitrogens with zero attached hydrogens (tertiary/aromatic N) is 3. The van der Waals surface area contributed by atoms with Gasteiger partial charge in [0.1, 0.15) is 5.82 Å². The van der Waals surface area contributed by atoms with Crippen molar-refractivity contribution >= 4 is 23.1 Å². The van der Waals surface area contributed by atoms with Crippen molar-refractivity contribution in [2.75, 3.05) is 44.2 Å². The maximum absolute atomic E-state index is 5.61. The Morgan fingerprint density at radius 1 is 1.33 bits per heavy atom. The zero-order valence-corrected chi connectivity index (χ0v) is 13.0. The van der Waals surface area contributed by atoms with Crippen molar-refractivity contribution in [3.8, 4) is 0 Å². The molecule has 0 bridgehead atoms. The van der Waals surface area contributed by atoms with Crippen LogP contribution < -0.4 is 10.2 Å². The minimum absolute atomic E-state index is 0.331. The molecular formula is C15H22N4OS. The lowest BCUT2D eigenvalue weighted by Gasteiger charge is -2.37. The summed E-state index contributed by atoms with van der Waals surface area (Å²) in [6.07, 6.45) is 4.48. The smallest absolute Gasteiger partial charge is 0.169 e. The molecule has 3 rings (SSSR count). The molecule has 2 fully saturated rings. The summed E-state index contributed by atoms with van der Waals surface area (Å²) in [5.41, 5.74) is 0. The van der Waals surface area contributed by atoms with Crippen LogP contribution in [0.3, 0.4) is 0 Å². The first-order chi connectivity index (χ1) is 10.3. The van der Waals surface area contributed by atoms with Crippen molar-refractivity contribution in [3.05, 3.63) is 24.4 Å². The maximum Gasteiger partial charge on any atom is 0.169 e. The largest absolute Gasteiger partial charge is 0.376 e. The monoisotopic (exact) mass is 306 g/mol. The Morgan fingerprint density at radius 3 is 2.86 bits per heavy atom. The van der Waals surface area contributed by atoms with Crippen LogP contribution in [0.15, 0.2) is 24.4 Å². The number of aromatic nitrogens is 1. The lowest BCUT2D eigenvalue weighted by atomic mass is 10.2. The maximum atomic E-state index is 5.61. The third kappa shape index (κ3) is 3.83. The molecule has 0 amide bonds. The summed E-state index contributed by atoms with van der Waals surface area (Å²) < 4.78 is 5.61. The second-order valence-electron chi connectivity index (χ2n) is 5.48. The molecule has 114 valence electrons. The highest BCUT2D eigenvalue weighted by molar-refractivity contribution is 7.80. The van der Waals surface area contributed by atoms with Crippen LogP contribution in [0, 0.1) is 0 Å². The van der Waals surface area contributed by atoms with Crippen LogP contribution in [-0.4, -0.2) is 60.4 Å². The molecule has 1 N–H and O–H groups in total. The fraction of sp³-hybridized carbons (Fsp3) is 0.600. The Balaban J connectivity index is 1.43. The third-order valence-corrected chi connectivity index (χ3v) is 4.45. The molecule has 5 nitrogen and oxygen atoms in total. The summed E-state index contributed by atoms with van der Waals surface area (Å²) >= 11 is 5.49. The number of ether oxygens (including phenoxy) is 1. The fourth-order valence-electron chi connectivity index (χ4n) is 2.80. The van der Waals surface area contributed by atoms with E-state index in [4.69, 9.17) is 17.0 Å². The molecule has 2 saturated heterocycles. The Bertz CT molecular complexity index is 456. The number of hydrogen-bond donors (Lipinski definition) is 1. The van der Waals surface area contributed by atoms with Crippen molar-refractivity contribution in [1.82, 2.24) is 15.2 Å². The molecule has 2 aliphatic heterocycles. The zero-order valence-electron chi connectivity index (χ0n) is 12.2. The Labute approximate surface area is 131 Å². The van der Waals surface area contributed by atoms with Crippen molar-refractivity contribution in [2.45, 2.75) is 18.9 Å². The Hall–Kier alpha value is -1.40. The minimum Gasteiger partial charge on any atom is -0.376 e. The number of pyridine rings is 1. The number of rotatable bonds is 3. The first-order valence-corrected chi connectivity index (χ1v) is 8.04. The van der Waals surface area contributed by atoms with E-state index in [1.807, 2.05) is 18.3 Å². The average molecular weight is 306 g/mol. The highest BCUT2D eigenvalue weighted by atomic mass is 32.1. The first kappa shape index (κ1) is 14.5. The number of anilines is 1. The van der Waals surface area contributed by atoms with E-state index in [9.17, 15) is 0 Å². The molecular weight excluding hydrogens is 284 g/mol. The van der Waals surface area contributed by atoms with E-state index in [0.717, 1.165) is 56.7 Å². The van der Waals surface area contributed by atoms with Crippen LogP contribution in [0.2, 0.25) is 0 Å². The second-order valence-corrected chi connectivity index (χ2v) is 5.87. The molecule has 1 aromatic rings. The van der Waals surface area contributed by atoms with Gasteiger partial charge in [0.05, 0.1) is 6.10 Å². The van der Waals surface area contributed by atoms with Gasteiger partial charge >= 0.3 is 0 Å². The minimum atomic E-state index is 0.331. The van der Waals surface area contributed by atoms with Crippen molar-refractivity contribution in [1.29, 1.82) is 0 Å². The van der Waals surface area contributed by atoms with E-state index >= 15 is 0 Å². The Morgan fingerprint density at radius 2 is 2.19 bits per heavy atom. The summed E-state index contributed by atoms with van der Waals surface area (Å²) in [5.74, 6) is 1.05. The van der Waals surface area contributed by atoms with Gasteiger partial charge in [-0.25, -0.2) is 4.98 Å². The van der Waals surface area contributed by atoms with Crippen LogP contribution in [0.1, 0.15) is 12.8 Å². The van der Waals surface area contributed by atoms with E-state index in [0.29, 0.717) is 6.10 Å². The first-order valence-electron chi connectivity index (χ1n) is 7.63. The lowest BCUT2D eigenvalue weighted by Crippen LogP contribution is -2.52. The molecule has 1 aromatic heterocycles. The third-order valence-electron chi connectivity index (χ3n) is 4.05. The van der Waals surface area contributed by atoms with Crippen molar-refractivity contribution in [3.63, 3.8) is 0 Å². The standard InChI is InChI=1S/C15H22N4OS/c21-15(17-12-13-4-3-11-20-13)19-9-7-18(8-10-19)14-5-1-2-6-16-14/h1-2,5-6,13H,3-4,7-12H2,(H,17,21)/t13-/m1/s1. The number of nitrogens with one attached hydrogen (secondary N) is 1. The predicted molar refractivity (Wildman–Crippen MR) is 87.6 cm³/mol. The summed E-state index contributed by atoms with van der Waals surface area (Å²) in [4.78, 5) is 8.95. The van der Waals surface area contributed by atoms with Gasteiger partial charge in [0, 0.05) is 45.5 Å². The summed E-state index contributed by atoms with van der Waals surface area (Å²) in [7, 11) is 0. The molecule has 0 aliphatic carbocycles. The average Bonchev–Trinajstić information content (AvgIpc) is 3.07. The van der Waals surface area contributed by atoms with Crippen LogP contribution >= 0.6 is 12.2 Å². The van der Waals surface area contributed by atoms with Gasteiger partial charge in [0.15, 0.2) is 5.11 Å². The van der Waals surface area contributed by atoms with Crippen molar-refractivity contribution in [2.24, 2.45) is 0 Å². The SMILES string of the molecule is S=C(NC[C@H]1CCCO1)N1CCN(c2ccccn2)CC1. The molecule has 21 heavy (non-hydrogen) atoms. The predicted octanol–water partition coefficient (Wildman–Crippen LogP) is 1.26. The van der Waals surface area contributed by atoms with Gasteiger partial charge in [0.2, 0.25) is 0 Å². The van der Waals surface area contributed by atoms with Gasteiger partial charge in [-0.15, -0.1) is 0 Å². The summed E-state index contributed by atoms with van der Waals surface area (Å²) in [6, 6.07) is 6.04. The molecule has 0 saturated carbocycles. The lowest BCUT2D eigenvalue weighted by molar-refractivity contribution is 0.113. The van der Waals surface area contributed by atoms with Gasteiger partial charge < -0.3 is 19.9 Å². The van der Waals surface area contributed by atoms with E-state index in [2.05, 4.69) is 26.2 Å². The zero-order chi connectivity index (χ0) is 14.5. The van der Waals surface area contributed by atoms with Gasteiger partial charge in [-0.1, -0.05) is 6.07 Å². The van der Waals surface area contributed by atoms with Crippen LogP contribution in [0.25, 0.3) is 0 Å². The van der Waals surface area contributed by atoms with Gasteiger partial charge in [-0.2, -0.15) is 0 Å². The highest BCUT2D eigenvalue weighted by Gasteiger charge is 2.21. The molecule has 6 heteroatoms. The Kier molecular flexibility index (Phi) is 4.87.